The minimum absolute atomic E-state index is 0.0655. The molecule has 1 saturated carbocycles. The van der Waals surface area contributed by atoms with E-state index in [1.807, 2.05) is 4.90 Å². The number of anilines is 1. The summed E-state index contributed by atoms with van der Waals surface area (Å²) in [5.41, 5.74) is 0.908. The first-order chi connectivity index (χ1) is 12.0. The van der Waals surface area contributed by atoms with E-state index >= 15 is 0 Å². The van der Waals surface area contributed by atoms with Crippen molar-refractivity contribution in [1.29, 1.82) is 0 Å². The van der Waals surface area contributed by atoms with Gasteiger partial charge in [-0.3, -0.25) is 14.9 Å². The van der Waals surface area contributed by atoms with Crippen molar-refractivity contribution in [3.8, 4) is 0 Å². The fourth-order valence-electron chi connectivity index (χ4n) is 4.49. The van der Waals surface area contributed by atoms with Gasteiger partial charge in [-0.05, 0) is 50.5 Å². The minimum Gasteiger partial charge on any atom is -0.357 e. The number of rotatable bonds is 3. The second kappa shape index (κ2) is 5.97. The molecule has 25 heavy (non-hydrogen) atoms. The Balaban J connectivity index is 1.38. The number of hydrogen-bond acceptors (Lipinski definition) is 5. The molecule has 0 unspecified atom stereocenters. The van der Waals surface area contributed by atoms with E-state index in [0.717, 1.165) is 64.1 Å². The number of carbonyl (C=O) groups excluding carboxylic acids is 1. The maximum absolute atomic E-state index is 12.6. The number of hydrogen-bond donors (Lipinski definition) is 0. The summed E-state index contributed by atoms with van der Waals surface area (Å²) in [5.74, 6) is 1.40. The number of likely N-dealkylation sites (tertiary alicyclic amines) is 1. The number of amides is 1. The number of nitrogens with zero attached hydrogens (tertiary/aromatic N) is 4. The number of nitro groups is 1. The summed E-state index contributed by atoms with van der Waals surface area (Å²) in [6.07, 6.45) is 6.69. The molecule has 7 heteroatoms. The van der Waals surface area contributed by atoms with Crippen molar-refractivity contribution in [2.75, 3.05) is 31.1 Å². The third kappa shape index (κ3) is 2.85. The van der Waals surface area contributed by atoms with E-state index in [-0.39, 0.29) is 17.0 Å². The van der Waals surface area contributed by atoms with Crippen LogP contribution in [-0.4, -0.2) is 46.9 Å². The van der Waals surface area contributed by atoms with Crippen LogP contribution in [0.4, 0.5) is 11.5 Å². The molecule has 3 heterocycles. The van der Waals surface area contributed by atoms with Gasteiger partial charge in [0.05, 0.1) is 4.92 Å². The number of pyridine rings is 1. The zero-order chi connectivity index (χ0) is 17.6. The van der Waals surface area contributed by atoms with Crippen molar-refractivity contribution in [2.24, 2.45) is 11.3 Å². The molecule has 1 aliphatic carbocycles. The van der Waals surface area contributed by atoms with Gasteiger partial charge in [0.15, 0.2) is 0 Å². The lowest BCUT2D eigenvalue weighted by molar-refractivity contribution is -0.385. The normalized spacial score (nSPS) is 24.6. The Hall–Kier alpha value is -2.18. The van der Waals surface area contributed by atoms with Crippen molar-refractivity contribution < 1.29 is 9.72 Å². The summed E-state index contributed by atoms with van der Waals surface area (Å²) >= 11 is 0. The summed E-state index contributed by atoms with van der Waals surface area (Å²) in [6, 6.07) is 1.80. The third-order valence-corrected chi connectivity index (χ3v) is 6.25. The van der Waals surface area contributed by atoms with Crippen molar-refractivity contribution in [2.45, 2.75) is 39.0 Å². The van der Waals surface area contributed by atoms with Gasteiger partial charge in [0, 0.05) is 37.7 Å². The second-order valence-electron chi connectivity index (χ2n) is 7.72. The molecule has 2 aliphatic heterocycles. The summed E-state index contributed by atoms with van der Waals surface area (Å²) < 4.78 is 0. The fourth-order valence-corrected chi connectivity index (χ4v) is 4.49. The Morgan fingerprint density at radius 3 is 2.56 bits per heavy atom. The fraction of sp³-hybridized carbons (Fsp3) is 0.667. The van der Waals surface area contributed by atoms with Crippen molar-refractivity contribution in [1.82, 2.24) is 9.88 Å². The highest BCUT2D eigenvalue weighted by Crippen LogP contribution is 2.60. The van der Waals surface area contributed by atoms with Crippen LogP contribution in [0.1, 0.15) is 37.7 Å². The maximum atomic E-state index is 12.6. The number of aryl methyl sites for hydroxylation is 1. The molecule has 3 aliphatic rings. The van der Waals surface area contributed by atoms with Crippen LogP contribution in [0.5, 0.6) is 0 Å². The van der Waals surface area contributed by atoms with E-state index in [9.17, 15) is 14.9 Å². The standard InChI is InChI=1S/C18H24N4O3/c1-13-10-16(19-12-15(13)22(24)25)20-8-4-18(5-9-20)11-14(18)17(23)21-6-2-3-7-21/h10,12,14H,2-9,11H2,1H3/t14-/m1/s1. The van der Waals surface area contributed by atoms with Gasteiger partial charge in [0.25, 0.3) is 5.69 Å². The van der Waals surface area contributed by atoms with E-state index in [0.29, 0.717) is 11.5 Å². The largest absolute Gasteiger partial charge is 0.357 e. The van der Waals surface area contributed by atoms with Gasteiger partial charge >= 0.3 is 0 Å². The second-order valence-corrected chi connectivity index (χ2v) is 7.72. The average Bonchev–Trinajstić information content (AvgIpc) is 3.04. The average molecular weight is 344 g/mol. The zero-order valence-electron chi connectivity index (χ0n) is 14.6. The topological polar surface area (TPSA) is 79.6 Å². The van der Waals surface area contributed by atoms with Crippen molar-refractivity contribution >= 4 is 17.4 Å². The van der Waals surface area contributed by atoms with Crippen LogP contribution in [0.15, 0.2) is 12.3 Å². The summed E-state index contributed by atoms with van der Waals surface area (Å²) in [4.78, 5) is 31.7. The molecular weight excluding hydrogens is 320 g/mol. The minimum atomic E-state index is -0.393. The summed E-state index contributed by atoms with van der Waals surface area (Å²) in [5, 5.41) is 10.9. The lowest BCUT2D eigenvalue weighted by atomic mass is 9.90. The van der Waals surface area contributed by atoms with E-state index in [1.54, 1.807) is 13.0 Å². The van der Waals surface area contributed by atoms with E-state index in [2.05, 4.69) is 9.88 Å². The molecular formula is C18H24N4O3. The molecule has 1 aromatic rings. The Bertz CT molecular complexity index is 706. The van der Waals surface area contributed by atoms with Crippen molar-refractivity contribution in [3.63, 3.8) is 0 Å². The van der Waals surface area contributed by atoms with Gasteiger partial charge < -0.3 is 9.80 Å². The maximum Gasteiger partial charge on any atom is 0.290 e. The first-order valence-corrected chi connectivity index (χ1v) is 9.15. The van der Waals surface area contributed by atoms with Crippen molar-refractivity contribution in [3.05, 3.63) is 27.9 Å². The Morgan fingerprint density at radius 2 is 1.96 bits per heavy atom. The molecule has 0 N–H and O–H groups in total. The molecule has 7 nitrogen and oxygen atoms in total. The highest BCUT2D eigenvalue weighted by Gasteiger charge is 2.59. The third-order valence-electron chi connectivity index (χ3n) is 6.25. The highest BCUT2D eigenvalue weighted by molar-refractivity contribution is 5.83. The molecule has 1 amide bonds. The molecule has 134 valence electrons. The molecule has 1 atom stereocenters. The predicted molar refractivity (Wildman–Crippen MR) is 93.4 cm³/mol. The van der Waals surface area contributed by atoms with Gasteiger partial charge in [0.2, 0.25) is 5.91 Å². The van der Waals surface area contributed by atoms with Crippen LogP contribution >= 0.6 is 0 Å². The van der Waals surface area contributed by atoms with E-state index in [1.165, 1.54) is 6.20 Å². The van der Waals surface area contributed by atoms with Crippen LogP contribution in [0, 0.1) is 28.4 Å². The van der Waals surface area contributed by atoms with Gasteiger partial charge in [-0.25, -0.2) is 4.98 Å². The van der Waals surface area contributed by atoms with Gasteiger partial charge in [-0.15, -0.1) is 0 Å². The molecule has 2 saturated heterocycles. The molecule has 4 rings (SSSR count). The molecule has 1 aromatic heterocycles. The number of aromatic nitrogens is 1. The van der Waals surface area contributed by atoms with Gasteiger partial charge in [-0.2, -0.15) is 0 Å². The molecule has 0 radical (unpaired) electrons. The lowest BCUT2D eigenvalue weighted by Crippen LogP contribution is -2.38. The van der Waals surface area contributed by atoms with Crippen LogP contribution < -0.4 is 4.90 Å². The van der Waals surface area contributed by atoms with Crippen LogP contribution in [0.25, 0.3) is 0 Å². The highest BCUT2D eigenvalue weighted by atomic mass is 16.6. The Labute approximate surface area is 147 Å². The molecule has 3 fully saturated rings. The lowest BCUT2D eigenvalue weighted by Gasteiger charge is -2.34. The predicted octanol–water partition coefficient (Wildman–Crippen LogP) is 2.53. The zero-order valence-corrected chi connectivity index (χ0v) is 14.6. The Kier molecular flexibility index (Phi) is 3.89. The van der Waals surface area contributed by atoms with Gasteiger partial charge in [0.1, 0.15) is 12.0 Å². The number of carbonyl (C=O) groups is 1. The summed E-state index contributed by atoms with van der Waals surface area (Å²) in [6.45, 7) is 5.36. The van der Waals surface area contributed by atoms with E-state index < -0.39 is 4.92 Å². The first-order valence-electron chi connectivity index (χ1n) is 9.15. The van der Waals surface area contributed by atoms with E-state index in [4.69, 9.17) is 0 Å². The van der Waals surface area contributed by atoms with Crippen LogP contribution in [0.3, 0.4) is 0 Å². The molecule has 0 bridgehead atoms. The monoisotopic (exact) mass is 344 g/mol. The molecule has 0 aromatic carbocycles. The van der Waals surface area contributed by atoms with Gasteiger partial charge in [-0.1, -0.05) is 0 Å². The number of piperidine rings is 1. The quantitative estimate of drug-likeness (QED) is 0.622. The molecule has 1 spiro atoms. The first kappa shape index (κ1) is 16.3. The van der Waals surface area contributed by atoms with Crippen LogP contribution in [-0.2, 0) is 4.79 Å². The summed E-state index contributed by atoms with van der Waals surface area (Å²) in [7, 11) is 0. The Morgan fingerprint density at radius 1 is 1.28 bits per heavy atom. The SMILES string of the molecule is Cc1cc(N2CCC3(CC2)C[C@@H]3C(=O)N2CCCC2)ncc1[N+](=O)[O-]. The van der Waals surface area contributed by atoms with Crippen LogP contribution in [0.2, 0.25) is 0 Å². The smallest absolute Gasteiger partial charge is 0.290 e.